The molecule has 1 aliphatic rings. The molecule has 1 aliphatic carbocycles. The number of carboxylic acid groups (broad SMARTS) is 2. The average Bonchev–Trinajstić information content (AvgIpc) is 2.89. The number of aryl methyl sites for hydroxylation is 1. The first kappa shape index (κ1) is 15.0. The highest BCUT2D eigenvalue weighted by Gasteiger charge is 2.24. The van der Waals surface area contributed by atoms with Crippen molar-refractivity contribution in [3.05, 3.63) is 58.7 Å². The molecule has 0 fully saturated rings. The predicted octanol–water partition coefficient (Wildman–Crippen LogP) is 2.54. The van der Waals surface area contributed by atoms with Gasteiger partial charge in [0.1, 0.15) is 0 Å². The van der Waals surface area contributed by atoms with Crippen molar-refractivity contribution in [3.8, 4) is 11.1 Å². The zero-order valence-electron chi connectivity index (χ0n) is 12.2. The smallest absolute Gasteiger partial charge is 0.372 e. The first-order valence-electron chi connectivity index (χ1n) is 7.21. The molecule has 3 rings (SSSR count). The number of aliphatic carboxylic acids is 1. The van der Waals surface area contributed by atoms with Crippen molar-refractivity contribution in [1.29, 1.82) is 0 Å². The summed E-state index contributed by atoms with van der Waals surface area (Å²) in [6.45, 7) is 0. The molecular weight excluding hydrogens is 296 g/mol. The van der Waals surface area contributed by atoms with Gasteiger partial charge in [0.25, 0.3) is 0 Å². The van der Waals surface area contributed by atoms with Crippen molar-refractivity contribution in [2.75, 3.05) is 0 Å². The van der Waals surface area contributed by atoms with Crippen molar-refractivity contribution in [2.45, 2.75) is 19.3 Å². The van der Waals surface area contributed by atoms with Crippen LogP contribution in [-0.2, 0) is 22.4 Å². The molecule has 2 aromatic rings. The second kappa shape index (κ2) is 5.68. The Hall–Kier alpha value is -2.95. The highest BCUT2D eigenvalue weighted by atomic mass is 16.4. The molecule has 0 amide bonds. The van der Waals surface area contributed by atoms with Gasteiger partial charge in [-0.05, 0) is 46.7 Å². The first-order chi connectivity index (χ1) is 11.0. The van der Waals surface area contributed by atoms with Crippen LogP contribution < -0.4 is 0 Å². The van der Waals surface area contributed by atoms with Crippen LogP contribution in [0.15, 0.2) is 36.4 Å². The monoisotopic (exact) mass is 310 g/mol. The van der Waals surface area contributed by atoms with Gasteiger partial charge >= 0.3 is 11.9 Å². The normalized spacial score (nSPS) is 11.7. The molecule has 2 N–H and O–H groups in total. The molecule has 0 saturated carbocycles. The summed E-state index contributed by atoms with van der Waals surface area (Å²) in [6.07, 6.45) is 0.967. The van der Waals surface area contributed by atoms with E-state index >= 15 is 0 Å². The topological polar surface area (TPSA) is 91.7 Å². The Labute approximate surface area is 132 Å². The van der Waals surface area contributed by atoms with E-state index < -0.39 is 17.7 Å². The highest BCUT2D eigenvalue weighted by Crippen LogP contribution is 2.39. The molecule has 0 aromatic heterocycles. The summed E-state index contributed by atoms with van der Waals surface area (Å²) in [6, 6.07) is 10.8. The maximum atomic E-state index is 11.4. The van der Waals surface area contributed by atoms with Gasteiger partial charge < -0.3 is 10.2 Å². The lowest BCUT2D eigenvalue weighted by Gasteiger charge is -2.07. The minimum absolute atomic E-state index is 0.0402. The number of carbonyl (C=O) groups is 3. The minimum Gasteiger partial charge on any atom is -0.478 e. The van der Waals surface area contributed by atoms with Crippen LogP contribution in [-0.4, -0.2) is 27.9 Å². The lowest BCUT2D eigenvalue weighted by molar-refractivity contribution is -0.149. The largest absolute Gasteiger partial charge is 0.478 e. The summed E-state index contributed by atoms with van der Waals surface area (Å²) < 4.78 is 0. The lowest BCUT2D eigenvalue weighted by Crippen LogP contribution is -2.12. The number of benzene rings is 2. The van der Waals surface area contributed by atoms with Crippen molar-refractivity contribution in [2.24, 2.45) is 0 Å². The van der Waals surface area contributed by atoms with E-state index in [4.69, 9.17) is 5.11 Å². The zero-order valence-corrected chi connectivity index (χ0v) is 12.2. The maximum Gasteiger partial charge on any atom is 0.372 e. The van der Waals surface area contributed by atoms with E-state index in [0.29, 0.717) is 12.8 Å². The molecule has 0 atom stereocenters. The van der Waals surface area contributed by atoms with Gasteiger partial charge in [-0.25, -0.2) is 9.59 Å². The van der Waals surface area contributed by atoms with Crippen LogP contribution in [0.1, 0.15) is 33.5 Å². The van der Waals surface area contributed by atoms with E-state index in [-0.39, 0.29) is 12.0 Å². The van der Waals surface area contributed by atoms with Crippen molar-refractivity contribution in [1.82, 2.24) is 0 Å². The zero-order chi connectivity index (χ0) is 16.6. The van der Waals surface area contributed by atoms with Crippen molar-refractivity contribution >= 4 is 17.7 Å². The van der Waals surface area contributed by atoms with Gasteiger partial charge in [0.15, 0.2) is 0 Å². The van der Waals surface area contributed by atoms with E-state index in [1.807, 2.05) is 24.3 Å². The van der Waals surface area contributed by atoms with E-state index in [9.17, 15) is 19.5 Å². The summed E-state index contributed by atoms with van der Waals surface area (Å²) in [4.78, 5) is 33.1. The number of fused-ring (bicyclic) bond motifs is 3. The van der Waals surface area contributed by atoms with E-state index in [0.717, 1.165) is 27.8 Å². The van der Waals surface area contributed by atoms with Gasteiger partial charge in [-0.15, -0.1) is 0 Å². The SMILES string of the molecule is O=C(O)C(=O)CCc1ccc2c(c1)Cc1cccc(C(=O)O)c1-2. The lowest BCUT2D eigenvalue weighted by atomic mass is 9.97. The van der Waals surface area contributed by atoms with Gasteiger partial charge in [0, 0.05) is 6.42 Å². The van der Waals surface area contributed by atoms with Crippen molar-refractivity contribution in [3.63, 3.8) is 0 Å². The third-order valence-corrected chi connectivity index (χ3v) is 4.08. The summed E-state index contributed by atoms with van der Waals surface area (Å²) in [7, 11) is 0. The fourth-order valence-electron chi connectivity index (χ4n) is 3.01. The summed E-state index contributed by atoms with van der Waals surface area (Å²) in [5, 5.41) is 17.9. The summed E-state index contributed by atoms with van der Waals surface area (Å²) in [5.41, 5.74) is 4.79. The first-order valence-corrected chi connectivity index (χ1v) is 7.21. The Morgan fingerprint density at radius 2 is 1.78 bits per heavy atom. The predicted molar refractivity (Wildman–Crippen MR) is 82.6 cm³/mol. The second-order valence-corrected chi connectivity index (χ2v) is 5.54. The van der Waals surface area contributed by atoms with Gasteiger partial charge in [0.05, 0.1) is 5.56 Å². The Morgan fingerprint density at radius 3 is 2.48 bits per heavy atom. The number of hydrogen-bond acceptors (Lipinski definition) is 3. The summed E-state index contributed by atoms with van der Waals surface area (Å²) >= 11 is 0. The molecule has 5 heteroatoms. The van der Waals surface area contributed by atoms with Crippen molar-refractivity contribution < 1.29 is 24.6 Å². The van der Waals surface area contributed by atoms with Crippen LogP contribution >= 0.6 is 0 Å². The Bertz CT molecular complexity index is 835. The molecule has 0 unspecified atom stereocenters. The van der Waals surface area contributed by atoms with Crippen LogP contribution in [0, 0.1) is 0 Å². The van der Waals surface area contributed by atoms with Crippen LogP contribution in [0.5, 0.6) is 0 Å². The number of carbonyl (C=O) groups excluding carboxylic acids is 1. The number of aromatic carboxylic acids is 1. The highest BCUT2D eigenvalue weighted by molar-refractivity contribution is 6.32. The number of ketones is 1. The quantitative estimate of drug-likeness (QED) is 0.707. The second-order valence-electron chi connectivity index (χ2n) is 5.54. The van der Waals surface area contributed by atoms with Crippen LogP contribution in [0.4, 0.5) is 0 Å². The number of rotatable bonds is 5. The molecule has 23 heavy (non-hydrogen) atoms. The maximum absolute atomic E-state index is 11.4. The molecule has 0 bridgehead atoms. The third-order valence-electron chi connectivity index (χ3n) is 4.08. The molecule has 0 aliphatic heterocycles. The molecule has 2 aromatic carbocycles. The molecule has 116 valence electrons. The average molecular weight is 310 g/mol. The molecular formula is C18H14O5. The molecule has 0 saturated heterocycles. The van der Waals surface area contributed by atoms with Gasteiger partial charge in [0.2, 0.25) is 5.78 Å². The fraction of sp³-hybridized carbons (Fsp3) is 0.167. The summed E-state index contributed by atoms with van der Waals surface area (Å²) in [5.74, 6) is -3.17. The third kappa shape index (κ3) is 2.73. The Kier molecular flexibility index (Phi) is 3.70. The minimum atomic E-state index is -1.41. The Balaban J connectivity index is 1.90. The molecule has 5 nitrogen and oxygen atoms in total. The van der Waals surface area contributed by atoms with Crippen LogP contribution in [0.3, 0.4) is 0 Å². The Morgan fingerprint density at radius 1 is 1.00 bits per heavy atom. The van der Waals surface area contributed by atoms with E-state index in [1.54, 1.807) is 12.1 Å². The van der Waals surface area contributed by atoms with Gasteiger partial charge in [-0.1, -0.05) is 30.3 Å². The number of hydrogen-bond donors (Lipinski definition) is 2. The van der Waals surface area contributed by atoms with Crippen LogP contribution in [0.2, 0.25) is 0 Å². The van der Waals surface area contributed by atoms with Gasteiger partial charge in [-0.2, -0.15) is 0 Å². The number of Topliss-reactive ketones (excluding diaryl/α,β-unsaturated/α-hetero) is 1. The van der Waals surface area contributed by atoms with Crippen LogP contribution in [0.25, 0.3) is 11.1 Å². The number of carboxylic acids is 2. The molecule has 0 heterocycles. The van der Waals surface area contributed by atoms with Gasteiger partial charge in [-0.3, -0.25) is 4.79 Å². The fourth-order valence-corrected chi connectivity index (χ4v) is 3.01. The standard InChI is InChI=1S/C18H14O5/c19-15(18(22)23)7-5-10-4-6-13-12(8-10)9-11-2-1-3-14(16(11)13)17(20)21/h1-4,6,8H,5,7,9H2,(H,20,21)(H,22,23). The van der Waals surface area contributed by atoms with E-state index in [2.05, 4.69) is 0 Å². The molecule has 0 spiro atoms. The van der Waals surface area contributed by atoms with E-state index in [1.165, 1.54) is 0 Å². The molecule has 0 radical (unpaired) electrons.